The molecule has 0 amide bonds. The van der Waals surface area contributed by atoms with Gasteiger partial charge in [0.2, 0.25) is 0 Å². The highest BCUT2D eigenvalue weighted by Gasteiger charge is 2.25. The number of ether oxygens (including phenoxy) is 1. The molecule has 1 aromatic carbocycles. The molecule has 1 aromatic heterocycles. The minimum atomic E-state index is -0.998. The largest absolute Gasteiger partial charge is 0.464 e. The summed E-state index contributed by atoms with van der Waals surface area (Å²) in [5, 5.41) is 18.4. The van der Waals surface area contributed by atoms with E-state index in [4.69, 9.17) is 16.3 Å². The number of nitrogens with zero attached hydrogens (tertiary/aromatic N) is 3. The number of halogens is 1. The number of aliphatic hydroxyl groups is 1. The van der Waals surface area contributed by atoms with Crippen molar-refractivity contribution < 1.29 is 14.6 Å². The van der Waals surface area contributed by atoms with Crippen LogP contribution in [0.2, 0.25) is 5.02 Å². The van der Waals surface area contributed by atoms with Crippen molar-refractivity contribution in [2.45, 2.75) is 26.0 Å². The molecule has 0 spiro atoms. The molecule has 0 aliphatic carbocycles. The molecular weight excluding hydrogens is 294 g/mol. The maximum absolute atomic E-state index is 11.8. The van der Waals surface area contributed by atoms with E-state index in [0.717, 1.165) is 0 Å². The van der Waals surface area contributed by atoms with Crippen LogP contribution in [0.15, 0.2) is 24.3 Å². The minimum Gasteiger partial charge on any atom is -0.464 e. The zero-order valence-corrected chi connectivity index (χ0v) is 12.8. The number of carbonyl (C=O) groups is 1. The SMILES string of the molecule is COC(=O)c1nnn(CC(C)(C)O)c1-c1ccc(Cl)cc1. The summed E-state index contributed by atoms with van der Waals surface area (Å²) in [6, 6.07) is 6.93. The van der Waals surface area contributed by atoms with Gasteiger partial charge >= 0.3 is 5.97 Å². The van der Waals surface area contributed by atoms with Crippen molar-refractivity contribution in [3.63, 3.8) is 0 Å². The molecule has 6 nitrogen and oxygen atoms in total. The van der Waals surface area contributed by atoms with Crippen molar-refractivity contribution in [3.05, 3.63) is 35.0 Å². The molecule has 0 fully saturated rings. The Labute approximate surface area is 127 Å². The van der Waals surface area contributed by atoms with Crippen molar-refractivity contribution in [1.82, 2.24) is 15.0 Å². The van der Waals surface area contributed by atoms with E-state index in [1.165, 1.54) is 11.8 Å². The summed E-state index contributed by atoms with van der Waals surface area (Å²) < 4.78 is 6.20. The lowest BCUT2D eigenvalue weighted by Gasteiger charge is -2.18. The fraction of sp³-hybridized carbons (Fsp3) is 0.357. The summed E-state index contributed by atoms with van der Waals surface area (Å²) in [7, 11) is 1.28. The van der Waals surface area contributed by atoms with Gasteiger partial charge in [0.15, 0.2) is 5.69 Å². The second kappa shape index (κ2) is 5.83. The van der Waals surface area contributed by atoms with E-state index in [9.17, 15) is 9.90 Å². The fourth-order valence-electron chi connectivity index (χ4n) is 1.92. The highest BCUT2D eigenvalue weighted by molar-refractivity contribution is 6.30. The van der Waals surface area contributed by atoms with Gasteiger partial charge in [-0.05, 0) is 26.0 Å². The quantitative estimate of drug-likeness (QED) is 0.876. The first-order valence-electron chi connectivity index (χ1n) is 6.32. The van der Waals surface area contributed by atoms with Gasteiger partial charge in [-0.2, -0.15) is 0 Å². The van der Waals surface area contributed by atoms with E-state index < -0.39 is 11.6 Å². The number of hydrogen-bond donors (Lipinski definition) is 1. The molecular formula is C14H16ClN3O3. The Morgan fingerprint density at radius 1 is 1.38 bits per heavy atom. The van der Waals surface area contributed by atoms with Gasteiger partial charge in [-0.1, -0.05) is 28.9 Å². The Morgan fingerprint density at radius 3 is 2.52 bits per heavy atom. The molecule has 1 N–H and O–H groups in total. The molecule has 0 saturated carbocycles. The molecule has 2 rings (SSSR count). The second-order valence-corrected chi connectivity index (χ2v) is 5.69. The van der Waals surface area contributed by atoms with Crippen LogP contribution in [-0.2, 0) is 11.3 Å². The van der Waals surface area contributed by atoms with Crippen LogP contribution < -0.4 is 0 Å². The number of rotatable bonds is 4. The molecule has 0 saturated heterocycles. The van der Waals surface area contributed by atoms with Crippen LogP contribution in [0.5, 0.6) is 0 Å². The molecule has 112 valence electrons. The van der Waals surface area contributed by atoms with E-state index in [2.05, 4.69) is 10.3 Å². The Hall–Kier alpha value is -1.92. The van der Waals surface area contributed by atoms with Crippen molar-refractivity contribution in [1.29, 1.82) is 0 Å². The Kier molecular flexibility index (Phi) is 4.29. The van der Waals surface area contributed by atoms with Gasteiger partial charge in [0.25, 0.3) is 0 Å². The Balaban J connectivity index is 2.55. The van der Waals surface area contributed by atoms with E-state index in [1.807, 2.05) is 0 Å². The number of methoxy groups -OCH3 is 1. The summed E-state index contributed by atoms with van der Waals surface area (Å²) in [4.78, 5) is 11.8. The zero-order chi connectivity index (χ0) is 15.6. The molecule has 7 heteroatoms. The molecule has 0 atom stereocenters. The van der Waals surface area contributed by atoms with E-state index >= 15 is 0 Å². The van der Waals surface area contributed by atoms with Crippen LogP contribution in [0.3, 0.4) is 0 Å². The van der Waals surface area contributed by atoms with Gasteiger partial charge < -0.3 is 9.84 Å². The van der Waals surface area contributed by atoms with E-state index in [0.29, 0.717) is 16.3 Å². The average molecular weight is 310 g/mol. The van der Waals surface area contributed by atoms with Crippen LogP contribution in [-0.4, -0.2) is 38.8 Å². The predicted molar refractivity (Wildman–Crippen MR) is 78.1 cm³/mol. The normalized spacial score (nSPS) is 11.5. The van der Waals surface area contributed by atoms with Crippen LogP contribution in [0.25, 0.3) is 11.3 Å². The van der Waals surface area contributed by atoms with Crippen LogP contribution in [0.1, 0.15) is 24.3 Å². The lowest BCUT2D eigenvalue weighted by atomic mass is 10.1. The van der Waals surface area contributed by atoms with Crippen LogP contribution in [0.4, 0.5) is 0 Å². The van der Waals surface area contributed by atoms with Gasteiger partial charge in [0.05, 0.1) is 19.3 Å². The van der Waals surface area contributed by atoms with Gasteiger partial charge in [0, 0.05) is 10.6 Å². The summed E-state index contributed by atoms with van der Waals surface area (Å²) in [5.41, 5.74) is 0.307. The molecule has 0 aliphatic heterocycles. The maximum atomic E-state index is 11.8. The number of hydrogen-bond acceptors (Lipinski definition) is 5. The third-order valence-electron chi connectivity index (χ3n) is 2.77. The van der Waals surface area contributed by atoms with Crippen molar-refractivity contribution in [2.24, 2.45) is 0 Å². The molecule has 1 heterocycles. The van der Waals surface area contributed by atoms with Crippen molar-refractivity contribution >= 4 is 17.6 Å². The fourth-order valence-corrected chi connectivity index (χ4v) is 2.04. The Morgan fingerprint density at radius 2 is 2.00 bits per heavy atom. The average Bonchev–Trinajstić information content (AvgIpc) is 2.80. The minimum absolute atomic E-state index is 0.101. The van der Waals surface area contributed by atoms with E-state index in [1.54, 1.807) is 38.1 Å². The first-order valence-corrected chi connectivity index (χ1v) is 6.70. The first kappa shape index (κ1) is 15.5. The topological polar surface area (TPSA) is 77.2 Å². The summed E-state index contributed by atoms with van der Waals surface area (Å²) in [6.45, 7) is 3.49. The third kappa shape index (κ3) is 3.59. The summed E-state index contributed by atoms with van der Waals surface area (Å²) in [5.74, 6) is -0.582. The molecule has 0 radical (unpaired) electrons. The van der Waals surface area contributed by atoms with Crippen molar-refractivity contribution in [3.8, 4) is 11.3 Å². The zero-order valence-electron chi connectivity index (χ0n) is 12.0. The monoisotopic (exact) mass is 309 g/mol. The van der Waals surface area contributed by atoms with E-state index in [-0.39, 0.29) is 12.2 Å². The predicted octanol–water partition coefficient (Wildman–Crippen LogP) is 2.16. The highest BCUT2D eigenvalue weighted by Crippen LogP contribution is 2.25. The number of benzene rings is 1. The maximum Gasteiger partial charge on any atom is 0.360 e. The Bertz CT molecular complexity index is 644. The van der Waals surface area contributed by atoms with Gasteiger partial charge in [-0.3, -0.25) is 0 Å². The standard InChI is InChI=1S/C14H16ClN3O3/c1-14(2,20)8-18-12(9-4-6-10(15)7-5-9)11(16-17-18)13(19)21-3/h4-7,20H,8H2,1-3H3. The third-order valence-corrected chi connectivity index (χ3v) is 3.02. The van der Waals surface area contributed by atoms with Gasteiger partial charge in [0.1, 0.15) is 5.69 Å². The first-order chi connectivity index (χ1) is 9.81. The highest BCUT2D eigenvalue weighted by atomic mass is 35.5. The molecule has 0 aliphatic rings. The summed E-state index contributed by atoms with van der Waals surface area (Å²) in [6.07, 6.45) is 0. The number of carbonyl (C=O) groups excluding carboxylic acids is 1. The van der Waals surface area contributed by atoms with Gasteiger partial charge in [-0.15, -0.1) is 5.10 Å². The van der Waals surface area contributed by atoms with Crippen LogP contribution in [0, 0.1) is 0 Å². The molecule has 2 aromatic rings. The lowest BCUT2D eigenvalue weighted by Crippen LogP contribution is -2.27. The van der Waals surface area contributed by atoms with Crippen molar-refractivity contribution in [2.75, 3.05) is 7.11 Å². The summed E-state index contributed by atoms with van der Waals surface area (Å²) >= 11 is 5.88. The molecule has 0 unspecified atom stereocenters. The number of esters is 1. The molecule has 21 heavy (non-hydrogen) atoms. The second-order valence-electron chi connectivity index (χ2n) is 5.26. The smallest absolute Gasteiger partial charge is 0.360 e. The molecule has 0 bridgehead atoms. The van der Waals surface area contributed by atoms with Gasteiger partial charge in [-0.25, -0.2) is 9.48 Å². The van der Waals surface area contributed by atoms with Crippen LogP contribution >= 0.6 is 11.6 Å². The lowest BCUT2D eigenvalue weighted by molar-refractivity contribution is 0.0569. The number of aromatic nitrogens is 3.